The Hall–Kier alpha value is -1.53. The number of hydrogen-bond acceptors (Lipinski definition) is 5. The molecule has 0 amide bonds. The summed E-state index contributed by atoms with van der Waals surface area (Å²) in [6.45, 7) is 13.5. The van der Waals surface area contributed by atoms with Crippen LogP contribution in [0.25, 0.3) is 0 Å². The zero-order valence-electron chi connectivity index (χ0n) is 23.9. The second-order valence-corrected chi connectivity index (χ2v) is 10.9. The molecular formula is C31H54O5. The lowest BCUT2D eigenvalue weighted by Gasteiger charge is -2.29. The van der Waals surface area contributed by atoms with Gasteiger partial charge in [0.1, 0.15) is 5.78 Å². The molecular weight excluding hydrogens is 452 g/mol. The SMILES string of the molecule is CC/C=C(\C)C(O)CC(=O)C(C)C[C@H](C)/C=C/C=C/C=C(\C)CCCCCC(C)C(O)(O)C[C@@H](C)O. The monoisotopic (exact) mass is 506 g/mol. The Kier molecular flexibility index (Phi) is 17.9. The summed E-state index contributed by atoms with van der Waals surface area (Å²) in [5.74, 6) is -1.75. The van der Waals surface area contributed by atoms with Crippen molar-refractivity contribution >= 4 is 5.78 Å². The maximum Gasteiger partial charge on any atom is 0.167 e. The van der Waals surface area contributed by atoms with Crippen molar-refractivity contribution in [3.8, 4) is 0 Å². The highest BCUT2D eigenvalue weighted by molar-refractivity contribution is 5.81. The summed E-state index contributed by atoms with van der Waals surface area (Å²) in [5, 5.41) is 39.7. The molecule has 208 valence electrons. The first-order valence-electron chi connectivity index (χ1n) is 13.8. The molecule has 36 heavy (non-hydrogen) atoms. The zero-order valence-corrected chi connectivity index (χ0v) is 23.9. The molecule has 0 aliphatic heterocycles. The molecule has 0 rings (SSSR count). The van der Waals surface area contributed by atoms with Gasteiger partial charge in [0.25, 0.3) is 0 Å². The van der Waals surface area contributed by atoms with Gasteiger partial charge in [-0.15, -0.1) is 0 Å². The molecule has 0 radical (unpaired) electrons. The fraction of sp³-hybridized carbons (Fsp3) is 0.710. The largest absolute Gasteiger partial charge is 0.393 e. The Morgan fingerprint density at radius 3 is 2.22 bits per heavy atom. The number of allylic oxidation sites excluding steroid dienone is 7. The van der Waals surface area contributed by atoms with Crippen LogP contribution in [0, 0.1) is 17.8 Å². The minimum atomic E-state index is -1.80. The number of ketones is 1. The van der Waals surface area contributed by atoms with Crippen LogP contribution in [0.1, 0.15) is 106 Å². The van der Waals surface area contributed by atoms with Crippen molar-refractivity contribution in [2.75, 3.05) is 0 Å². The first kappa shape index (κ1) is 34.5. The van der Waals surface area contributed by atoms with Gasteiger partial charge in [-0.3, -0.25) is 4.79 Å². The van der Waals surface area contributed by atoms with Gasteiger partial charge in [-0.1, -0.05) is 82.6 Å². The molecule has 0 fully saturated rings. The molecule has 0 spiro atoms. The third kappa shape index (κ3) is 16.3. The van der Waals surface area contributed by atoms with Crippen molar-refractivity contribution in [1.29, 1.82) is 0 Å². The number of hydrogen-bond donors (Lipinski definition) is 4. The minimum Gasteiger partial charge on any atom is -0.393 e. The highest BCUT2D eigenvalue weighted by atomic mass is 16.5. The van der Waals surface area contributed by atoms with Crippen LogP contribution in [0.3, 0.4) is 0 Å². The number of unbranched alkanes of at least 4 members (excludes halogenated alkanes) is 2. The molecule has 3 unspecified atom stereocenters. The number of rotatable bonds is 19. The van der Waals surface area contributed by atoms with Gasteiger partial charge in [-0.2, -0.15) is 0 Å². The van der Waals surface area contributed by atoms with Crippen molar-refractivity contribution < 1.29 is 25.2 Å². The molecule has 0 aliphatic rings. The molecule has 5 heteroatoms. The number of carbonyl (C=O) groups excluding carboxylic acids is 1. The first-order valence-corrected chi connectivity index (χ1v) is 13.8. The second-order valence-electron chi connectivity index (χ2n) is 10.9. The van der Waals surface area contributed by atoms with Crippen LogP contribution in [0.4, 0.5) is 0 Å². The van der Waals surface area contributed by atoms with Crippen molar-refractivity contribution in [2.24, 2.45) is 17.8 Å². The average Bonchev–Trinajstić information content (AvgIpc) is 2.77. The van der Waals surface area contributed by atoms with E-state index >= 15 is 0 Å². The summed E-state index contributed by atoms with van der Waals surface area (Å²) >= 11 is 0. The van der Waals surface area contributed by atoms with Crippen LogP contribution in [-0.4, -0.2) is 44.2 Å². The van der Waals surface area contributed by atoms with E-state index in [4.69, 9.17) is 0 Å². The predicted octanol–water partition coefficient (Wildman–Crippen LogP) is 6.42. The quantitative estimate of drug-likeness (QED) is 0.0701. The maximum atomic E-state index is 12.4. The van der Waals surface area contributed by atoms with E-state index in [1.165, 1.54) is 5.57 Å². The molecule has 0 saturated heterocycles. The topological polar surface area (TPSA) is 98.0 Å². The van der Waals surface area contributed by atoms with Crippen molar-refractivity contribution in [3.63, 3.8) is 0 Å². The van der Waals surface area contributed by atoms with E-state index in [0.717, 1.165) is 50.5 Å². The molecule has 0 bridgehead atoms. The lowest BCUT2D eigenvalue weighted by molar-refractivity contribution is -0.213. The zero-order chi connectivity index (χ0) is 27.7. The molecule has 5 nitrogen and oxygen atoms in total. The molecule has 0 saturated carbocycles. The van der Waals surface area contributed by atoms with Gasteiger partial charge >= 0.3 is 0 Å². The third-order valence-electron chi connectivity index (χ3n) is 6.86. The van der Waals surface area contributed by atoms with Gasteiger partial charge < -0.3 is 20.4 Å². The maximum absolute atomic E-state index is 12.4. The van der Waals surface area contributed by atoms with E-state index in [1.807, 2.05) is 52.0 Å². The van der Waals surface area contributed by atoms with Gasteiger partial charge in [-0.25, -0.2) is 0 Å². The van der Waals surface area contributed by atoms with Gasteiger partial charge in [-0.05, 0) is 64.4 Å². The van der Waals surface area contributed by atoms with Crippen LogP contribution < -0.4 is 0 Å². The van der Waals surface area contributed by atoms with Gasteiger partial charge in [0.05, 0.1) is 12.2 Å². The second kappa shape index (κ2) is 18.7. The number of Topliss-reactive ketones (excluding diaryl/α,β-unsaturated/α-hetero) is 1. The summed E-state index contributed by atoms with van der Waals surface area (Å²) in [5.41, 5.74) is 2.18. The highest BCUT2D eigenvalue weighted by Gasteiger charge is 2.31. The fourth-order valence-corrected chi connectivity index (χ4v) is 4.30. The Bertz CT molecular complexity index is 729. The fourth-order valence-electron chi connectivity index (χ4n) is 4.30. The van der Waals surface area contributed by atoms with E-state index in [1.54, 1.807) is 6.92 Å². The average molecular weight is 507 g/mol. The van der Waals surface area contributed by atoms with E-state index in [9.17, 15) is 25.2 Å². The Labute approximate surface area is 220 Å². The van der Waals surface area contributed by atoms with E-state index in [-0.39, 0.29) is 36.4 Å². The minimum absolute atomic E-state index is 0.0203. The van der Waals surface area contributed by atoms with Crippen molar-refractivity contribution in [1.82, 2.24) is 0 Å². The smallest absolute Gasteiger partial charge is 0.167 e. The highest BCUT2D eigenvalue weighted by Crippen LogP contribution is 2.25. The number of carbonyl (C=O) groups is 1. The summed E-state index contributed by atoms with van der Waals surface area (Å²) in [6.07, 6.45) is 17.4. The Morgan fingerprint density at radius 1 is 0.944 bits per heavy atom. The van der Waals surface area contributed by atoms with Crippen LogP contribution in [-0.2, 0) is 4.79 Å². The summed E-state index contributed by atoms with van der Waals surface area (Å²) in [6, 6.07) is 0. The Morgan fingerprint density at radius 2 is 1.61 bits per heavy atom. The summed E-state index contributed by atoms with van der Waals surface area (Å²) < 4.78 is 0. The van der Waals surface area contributed by atoms with Gasteiger partial charge in [0.2, 0.25) is 0 Å². The predicted molar refractivity (Wildman–Crippen MR) is 150 cm³/mol. The molecule has 0 aromatic rings. The third-order valence-corrected chi connectivity index (χ3v) is 6.86. The first-order chi connectivity index (χ1) is 16.8. The lowest BCUT2D eigenvalue weighted by atomic mass is 9.90. The number of aliphatic hydroxyl groups is 4. The molecule has 0 aliphatic carbocycles. The van der Waals surface area contributed by atoms with Crippen molar-refractivity contribution in [3.05, 3.63) is 47.6 Å². The molecule has 0 aromatic carbocycles. The molecule has 4 N–H and O–H groups in total. The van der Waals surface area contributed by atoms with E-state index in [2.05, 4.69) is 26.0 Å². The molecule has 5 atom stereocenters. The van der Waals surface area contributed by atoms with Gasteiger partial charge in [0.15, 0.2) is 5.79 Å². The standard InChI is InChI=1S/C31H54O5/c1-8-15-25(4)29(33)21-30(34)26(5)20-24(3)18-13-9-11-16-23(2)17-12-10-14-19-27(6)31(35,36)22-28(7)32/h9,11,13,15-16,18,24,26-29,32-33,35-36H,8,10,12,14,17,19-22H2,1-7H3/b11-9+,18-13+,23-16+,25-15+/t24-,26?,27?,28-,29?/m1/s1. The summed E-state index contributed by atoms with van der Waals surface area (Å²) in [4.78, 5) is 12.4. The van der Waals surface area contributed by atoms with Crippen molar-refractivity contribution in [2.45, 2.75) is 124 Å². The Balaban J connectivity index is 4.27. The lowest BCUT2D eigenvalue weighted by Crippen LogP contribution is -2.39. The van der Waals surface area contributed by atoms with Crippen LogP contribution in [0.5, 0.6) is 0 Å². The molecule has 0 heterocycles. The van der Waals surface area contributed by atoms with E-state index < -0.39 is 18.0 Å². The van der Waals surface area contributed by atoms with Crippen LogP contribution >= 0.6 is 0 Å². The summed E-state index contributed by atoms with van der Waals surface area (Å²) in [7, 11) is 0. The van der Waals surface area contributed by atoms with Crippen LogP contribution in [0.2, 0.25) is 0 Å². The van der Waals surface area contributed by atoms with Gasteiger partial charge in [0, 0.05) is 24.7 Å². The normalized spacial score (nSPS) is 18.0. The van der Waals surface area contributed by atoms with Crippen LogP contribution in [0.15, 0.2) is 47.6 Å². The van der Waals surface area contributed by atoms with E-state index in [0.29, 0.717) is 0 Å². The number of aliphatic hydroxyl groups excluding tert-OH is 2. The molecule has 0 aromatic heterocycles.